The zero-order valence-corrected chi connectivity index (χ0v) is 19.0. The van der Waals surface area contributed by atoms with Crippen LogP contribution in [0, 0.1) is 6.92 Å². The summed E-state index contributed by atoms with van der Waals surface area (Å²) in [5.74, 6) is 2.64. The predicted octanol–water partition coefficient (Wildman–Crippen LogP) is 3.46. The molecule has 1 heterocycles. The van der Waals surface area contributed by atoms with Crippen molar-refractivity contribution >= 4 is 17.7 Å². The number of nitrogens with zero attached hydrogens (tertiary/aromatic N) is 2. The van der Waals surface area contributed by atoms with E-state index in [1.54, 1.807) is 33.1 Å². The molecule has 0 aromatic heterocycles. The minimum atomic E-state index is 0.201. The van der Waals surface area contributed by atoms with Crippen molar-refractivity contribution in [3.8, 4) is 17.2 Å². The summed E-state index contributed by atoms with van der Waals surface area (Å²) in [6.07, 6.45) is 0. The zero-order valence-electron chi connectivity index (χ0n) is 18.1. The van der Waals surface area contributed by atoms with Crippen LogP contribution in [0.1, 0.15) is 11.1 Å². The Morgan fingerprint density at radius 2 is 1.63 bits per heavy atom. The molecule has 3 rings (SSSR count). The Labute approximate surface area is 183 Å². The van der Waals surface area contributed by atoms with Gasteiger partial charge in [0.2, 0.25) is 11.7 Å². The van der Waals surface area contributed by atoms with Gasteiger partial charge >= 0.3 is 0 Å². The second kappa shape index (κ2) is 10.6. The van der Waals surface area contributed by atoms with Crippen LogP contribution in [0.2, 0.25) is 0 Å². The molecule has 7 heteroatoms. The van der Waals surface area contributed by atoms with Gasteiger partial charge in [0.05, 0.1) is 27.1 Å². The van der Waals surface area contributed by atoms with Crippen LogP contribution in [0.5, 0.6) is 17.2 Å². The van der Waals surface area contributed by atoms with Gasteiger partial charge in [-0.25, -0.2) is 0 Å². The summed E-state index contributed by atoms with van der Waals surface area (Å²) in [5, 5.41) is 0. The van der Waals surface area contributed by atoms with E-state index >= 15 is 0 Å². The molecule has 1 amide bonds. The Morgan fingerprint density at radius 1 is 0.933 bits per heavy atom. The highest BCUT2D eigenvalue weighted by Gasteiger charge is 2.23. The quantitative estimate of drug-likeness (QED) is 0.598. The van der Waals surface area contributed by atoms with Crippen molar-refractivity contribution in [2.75, 3.05) is 53.3 Å². The van der Waals surface area contributed by atoms with Gasteiger partial charge in [0.25, 0.3) is 0 Å². The molecular formula is C23H30N2O4S. The highest BCUT2D eigenvalue weighted by Crippen LogP contribution is 2.40. The number of hydrogen-bond acceptors (Lipinski definition) is 6. The lowest BCUT2D eigenvalue weighted by atomic mass is 10.1. The number of thioether (sulfide) groups is 1. The average molecular weight is 431 g/mol. The SMILES string of the molecule is COc1ccc(CN2CCN(C(=O)CSc3ccccc3C)CC2)c(OC)c1OC. The largest absolute Gasteiger partial charge is 0.493 e. The maximum atomic E-state index is 12.6. The van der Waals surface area contributed by atoms with Gasteiger partial charge in [-0.1, -0.05) is 24.3 Å². The van der Waals surface area contributed by atoms with Crippen molar-refractivity contribution in [1.29, 1.82) is 0 Å². The summed E-state index contributed by atoms with van der Waals surface area (Å²) >= 11 is 1.62. The molecule has 0 radical (unpaired) electrons. The van der Waals surface area contributed by atoms with Gasteiger partial charge in [-0.2, -0.15) is 0 Å². The van der Waals surface area contributed by atoms with Gasteiger partial charge in [0.1, 0.15) is 0 Å². The molecule has 1 saturated heterocycles. The summed E-state index contributed by atoms with van der Waals surface area (Å²) in [6.45, 7) is 5.96. The van der Waals surface area contributed by atoms with E-state index in [0.29, 0.717) is 23.0 Å². The lowest BCUT2D eigenvalue weighted by molar-refractivity contribution is -0.130. The molecule has 0 bridgehead atoms. The Morgan fingerprint density at radius 3 is 2.27 bits per heavy atom. The van der Waals surface area contributed by atoms with E-state index in [1.165, 1.54) is 10.5 Å². The minimum absolute atomic E-state index is 0.201. The molecule has 30 heavy (non-hydrogen) atoms. The third-order valence-corrected chi connectivity index (χ3v) is 6.51. The topological polar surface area (TPSA) is 51.2 Å². The number of hydrogen-bond donors (Lipinski definition) is 0. The number of benzene rings is 2. The van der Waals surface area contributed by atoms with Crippen molar-refractivity contribution in [2.45, 2.75) is 18.4 Å². The highest BCUT2D eigenvalue weighted by molar-refractivity contribution is 8.00. The van der Waals surface area contributed by atoms with Crippen molar-refractivity contribution < 1.29 is 19.0 Å². The number of ether oxygens (including phenoxy) is 3. The molecular weight excluding hydrogens is 400 g/mol. The number of methoxy groups -OCH3 is 3. The van der Waals surface area contributed by atoms with Gasteiger partial charge in [-0.05, 0) is 24.6 Å². The minimum Gasteiger partial charge on any atom is -0.493 e. The molecule has 0 spiro atoms. The van der Waals surface area contributed by atoms with Crippen molar-refractivity contribution in [3.63, 3.8) is 0 Å². The Kier molecular flexibility index (Phi) is 7.87. The number of rotatable bonds is 8. The number of carbonyl (C=O) groups is 1. The molecule has 1 aliphatic rings. The lowest BCUT2D eigenvalue weighted by Crippen LogP contribution is -2.48. The van der Waals surface area contributed by atoms with Gasteiger partial charge in [-0.3, -0.25) is 9.69 Å². The Bertz CT molecular complexity index is 866. The van der Waals surface area contributed by atoms with E-state index in [9.17, 15) is 4.79 Å². The Hall–Kier alpha value is -2.38. The summed E-state index contributed by atoms with van der Waals surface area (Å²) < 4.78 is 16.4. The second-order valence-electron chi connectivity index (χ2n) is 7.20. The lowest BCUT2D eigenvalue weighted by Gasteiger charge is -2.35. The van der Waals surface area contributed by atoms with Crippen LogP contribution in [-0.4, -0.2) is 69.0 Å². The molecule has 1 aliphatic heterocycles. The first-order valence-corrected chi connectivity index (χ1v) is 11.0. The first kappa shape index (κ1) is 22.3. The molecule has 0 saturated carbocycles. The van der Waals surface area contributed by atoms with E-state index in [4.69, 9.17) is 14.2 Å². The first-order chi connectivity index (χ1) is 14.6. The number of aryl methyl sites for hydroxylation is 1. The van der Waals surface area contributed by atoms with E-state index in [2.05, 4.69) is 24.0 Å². The van der Waals surface area contributed by atoms with Crippen LogP contribution in [0.3, 0.4) is 0 Å². The molecule has 162 valence electrons. The highest BCUT2D eigenvalue weighted by atomic mass is 32.2. The van der Waals surface area contributed by atoms with Gasteiger partial charge in [0, 0.05) is 43.2 Å². The van der Waals surface area contributed by atoms with Gasteiger partial charge in [0.15, 0.2) is 11.5 Å². The molecule has 0 aliphatic carbocycles. The predicted molar refractivity (Wildman–Crippen MR) is 120 cm³/mol. The summed E-state index contributed by atoms with van der Waals surface area (Å²) in [6, 6.07) is 12.1. The van der Waals surface area contributed by atoms with Gasteiger partial charge in [-0.15, -0.1) is 11.8 Å². The Balaban J connectivity index is 1.54. The van der Waals surface area contributed by atoms with Crippen LogP contribution in [-0.2, 0) is 11.3 Å². The van der Waals surface area contributed by atoms with E-state index < -0.39 is 0 Å². The third-order valence-electron chi connectivity index (χ3n) is 5.35. The molecule has 0 atom stereocenters. The fraction of sp³-hybridized carbons (Fsp3) is 0.435. The summed E-state index contributed by atoms with van der Waals surface area (Å²) in [5.41, 5.74) is 2.26. The normalized spacial score (nSPS) is 14.5. The fourth-order valence-corrected chi connectivity index (χ4v) is 4.57. The van der Waals surface area contributed by atoms with Crippen LogP contribution in [0.25, 0.3) is 0 Å². The fourth-order valence-electron chi connectivity index (χ4n) is 3.63. The monoisotopic (exact) mass is 430 g/mol. The van der Waals surface area contributed by atoms with E-state index in [0.717, 1.165) is 38.3 Å². The van der Waals surface area contributed by atoms with Crippen LogP contribution >= 0.6 is 11.8 Å². The van der Waals surface area contributed by atoms with Crippen molar-refractivity contribution in [1.82, 2.24) is 9.80 Å². The maximum Gasteiger partial charge on any atom is 0.233 e. The second-order valence-corrected chi connectivity index (χ2v) is 8.22. The zero-order chi connectivity index (χ0) is 21.5. The average Bonchev–Trinajstić information content (AvgIpc) is 2.78. The van der Waals surface area contributed by atoms with Crippen LogP contribution in [0.15, 0.2) is 41.3 Å². The third kappa shape index (κ3) is 5.21. The molecule has 2 aromatic rings. The molecule has 2 aromatic carbocycles. The maximum absolute atomic E-state index is 12.6. The number of amides is 1. The molecule has 0 N–H and O–H groups in total. The standard InChI is InChI=1S/C23H30N2O4S/c1-17-7-5-6-8-20(17)30-16-21(26)25-13-11-24(12-14-25)15-18-9-10-19(27-2)23(29-4)22(18)28-3/h5-10H,11-16H2,1-4H3. The number of carbonyl (C=O) groups excluding carboxylic acids is 1. The first-order valence-electron chi connectivity index (χ1n) is 10.0. The van der Waals surface area contributed by atoms with Crippen molar-refractivity contribution in [2.24, 2.45) is 0 Å². The smallest absolute Gasteiger partial charge is 0.233 e. The number of piperazine rings is 1. The molecule has 1 fully saturated rings. The van der Waals surface area contributed by atoms with E-state index in [-0.39, 0.29) is 5.91 Å². The van der Waals surface area contributed by atoms with Crippen LogP contribution in [0.4, 0.5) is 0 Å². The summed E-state index contributed by atoms with van der Waals surface area (Å²) in [7, 11) is 4.87. The molecule has 0 unspecified atom stereocenters. The van der Waals surface area contributed by atoms with E-state index in [1.807, 2.05) is 29.2 Å². The molecule has 6 nitrogen and oxygen atoms in total. The summed E-state index contributed by atoms with van der Waals surface area (Å²) in [4.78, 5) is 18.1. The van der Waals surface area contributed by atoms with Gasteiger partial charge < -0.3 is 19.1 Å². The van der Waals surface area contributed by atoms with Crippen LogP contribution < -0.4 is 14.2 Å². The van der Waals surface area contributed by atoms with Crippen molar-refractivity contribution in [3.05, 3.63) is 47.5 Å².